The maximum atomic E-state index is 12.9. The van der Waals surface area contributed by atoms with Crippen LogP contribution in [0.5, 0.6) is 0 Å². The predicted molar refractivity (Wildman–Crippen MR) is 106 cm³/mol. The summed E-state index contributed by atoms with van der Waals surface area (Å²) in [4.78, 5) is 22.5. The van der Waals surface area contributed by atoms with Crippen molar-refractivity contribution in [3.05, 3.63) is 53.1 Å². The lowest BCUT2D eigenvalue weighted by Gasteiger charge is -2.19. The summed E-state index contributed by atoms with van der Waals surface area (Å²) in [5.41, 5.74) is -1.26. The molecule has 0 heterocycles. The summed E-state index contributed by atoms with van der Waals surface area (Å²) in [7, 11) is -4.24. The maximum absolute atomic E-state index is 12.9. The maximum Gasteiger partial charge on any atom is 0.417 e. The number of hydrogen-bond donors (Lipinski definition) is 3. The molecule has 0 aromatic heterocycles. The summed E-state index contributed by atoms with van der Waals surface area (Å²) in [6.07, 6.45) is -4.68. The number of urea groups is 1. The van der Waals surface area contributed by atoms with Gasteiger partial charge < -0.3 is 20.1 Å². The van der Waals surface area contributed by atoms with Gasteiger partial charge in [-0.25, -0.2) is 4.79 Å². The van der Waals surface area contributed by atoms with Gasteiger partial charge in [0.2, 0.25) is 0 Å². The van der Waals surface area contributed by atoms with Crippen LogP contribution in [0.15, 0.2) is 42.5 Å². The second kappa shape index (κ2) is 9.17. The second-order valence-electron chi connectivity index (χ2n) is 6.13. The molecule has 0 aliphatic heterocycles. The van der Waals surface area contributed by atoms with Gasteiger partial charge >= 0.3 is 19.8 Å². The van der Waals surface area contributed by atoms with Crippen LogP contribution in [0.2, 0.25) is 5.02 Å². The summed E-state index contributed by atoms with van der Waals surface area (Å²) < 4.78 is 56.6. The van der Waals surface area contributed by atoms with Gasteiger partial charge in [-0.2, -0.15) is 13.2 Å². The topological polar surface area (TPSA) is 87.7 Å². The first kappa shape index (κ1) is 23.2. The van der Waals surface area contributed by atoms with Gasteiger partial charge in [-0.1, -0.05) is 30.7 Å². The van der Waals surface area contributed by atoms with Crippen molar-refractivity contribution in [2.75, 3.05) is 10.6 Å². The number of nitrogens with one attached hydrogen (secondary N) is 2. The molecule has 0 aliphatic carbocycles. The van der Waals surface area contributed by atoms with Crippen molar-refractivity contribution in [3.8, 4) is 0 Å². The largest absolute Gasteiger partial charge is 0.417 e. The Bertz CT molecular complexity index is 940. The highest BCUT2D eigenvalue weighted by Gasteiger charge is 2.33. The fourth-order valence-electron chi connectivity index (χ4n) is 2.31. The Morgan fingerprint density at radius 3 is 2.52 bits per heavy atom. The first-order valence-electron chi connectivity index (χ1n) is 8.49. The standard InChI is InChI=1S/C18H19ClF3N2O4P/c1-3-11(2)28-29(26,27)16-7-5-4-6-15(16)24-17(25)23-12-8-9-14(19)13(10-12)18(20,21)22/h4-11H,3H2,1-2H3,(H,26,27)(H2,23,24,25). The molecule has 2 rings (SSSR count). The van der Waals surface area contributed by atoms with Gasteiger partial charge in [-0.15, -0.1) is 0 Å². The molecule has 29 heavy (non-hydrogen) atoms. The summed E-state index contributed by atoms with van der Waals surface area (Å²) in [6.45, 7) is 3.41. The molecule has 2 aromatic rings. The van der Waals surface area contributed by atoms with E-state index in [1.807, 2.05) is 0 Å². The highest BCUT2D eigenvalue weighted by Crippen LogP contribution is 2.44. The fraction of sp³-hybridized carbons (Fsp3) is 0.278. The van der Waals surface area contributed by atoms with Crippen LogP contribution in [0.3, 0.4) is 0 Å². The Hall–Kier alpha value is -2.06. The van der Waals surface area contributed by atoms with Crippen LogP contribution in [-0.2, 0) is 15.3 Å². The van der Waals surface area contributed by atoms with E-state index in [0.29, 0.717) is 12.5 Å². The molecule has 0 spiro atoms. The van der Waals surface area contributed by atoms with Gasteiger partial charge in [-0.3, -0.25) is 4.57 Å². The molecule has 0 saturated heterocycles. The molecule has 2 amide bonds. The van der Waals surface area contributed by atoms with Crippen LogP contribution < -0.4 is 15.9 Å². The minimum absolute atomic E-state index is 0.0101. The highest BCUT2D eigenvalue weighted by molar-refractivity contribution is 7.61. The molecule has 0 aliphatic rings. The van der Waals surface area contributed by atoms with Crippen molar-refractivity contribution in [1.82, 2.24) is 0 Å². The predicted octanol–water partition coefficient (Wildman–Crippen LogP) is 5.63. The molecule has 3 N–H and O–H groups in total. The van der Waals surface area contributed by atoms with Gasteiger partial charge in [0, 0.05) is 5.69 Å². The van der Waals surface area contributed by atoms with Crippen LogP contribution in [0.25, 0.3) is 0 Å². The van der Waals surface area contributed by atoms with Crippen molar-refractivity contribution < 1.29 is 31.9 Å². The molecule has 0 bridgehead atoms. The molecule has 2 atom stereocenters. The Balaban J connectivity index is 2.22. The summed E-state index contributed by atoms with van der Waals surface area (Å²) >= 11 is 5.55. The number of alkyl halides is 3. The number of benzene rings is 2. The number of rotatable bonds is 6. The minimum Gasteiger partial charge on any atom is -0.321 e. The molecule has 2 aromatic carbocycles. The van der Waals surface area contributed by atoms with Crippen LogP contribution in [0.4, 0.5) is 29.3 Å². The summed E-state index contributed by atoms with van der Waals surface area (Å²) in [5.74, 6) is 0. The van der Waals surface area contributed by atoms with Gasteiger partial charge in [0.1, 0.15) is 0 Å². The summed E-state index contributed by atoms with van der Waals surface area (Å²) in [6, 6.07) is 7.71. The molecule has 0 radical (unpaired) electrons. The zero-order chi connectivity index (χ0) is 21.8. The Kier molecular flexibility index (Phi) is 7.35. The molecule has 6 nitrogen and oxygen atoms in total. The van der Waals surface area contributed by atoms with E-state index in [-0.39, 0.29) is 16.7 Å². The van der Waals surface area contributed by atoms with Crippen molar-refractivity contribution >= 4 is 41.9 Å². The average molecular weight is 451 g/mol. The highest BCUT2D eigenvalue weighted by atomic mass is 35.5. The monoisotopic (exact) mass is 450 g/mol. The minimum atomic E-state index is -4.69. The zero-order valence-corrected chi connectivity index (χ0v) is 17.1. The van der Waals surface area contributed by atoms with E-state index in [0.717, 1.165) is 6.07 Å². The van der Waals surface area contributed by atoms with Gasteiger partial charge in [0.15, 0.2) is 0 Å². The molecule has 0 saturated carbocycles. The van der Waals surface area contributed by atoms with Crippen molar-refractivity contribution in [3.63, 3.8) is 0 Å². The number of hydrogen-bond acceptors (Lipinski definition) is 3. The van der Waals surface area contributed by atoms with Crippen molar-refractivity contribution in [2.24, 2.45) is 0 Å². The molecule has 0 fully saturated rings. The normalized spacial score (nSPS) is 14.7. The van der Waals surface area contributed by atoms with Crippen molar-refractivity contribution in [2.45, 2.75) is 32.5 Å². The Morgan fingerprint density at radius 2 is 1.90 bits per heavy atom. The Morgan fingerprint density at radius 1 is 1.24 bits per heavy atom. The third-order valence-electron chi connectivity index (χ3n) is 3.88. The van der Waals surface area contributed by atoms with Crippen LogP contribution >= 0.6 is 19.2 Å². The lowest BCUT2D eigenvalue weighted by Crippen LogP contribution is -2.24. The average Bonchev–Trinajstić information content (AvgIpc) is 2.62. The number of anilines is 2. The number of halogens is 4. The van der Waals surface area contributed by atoms with Crippen LogP contribution in [-0.4, -0.2) is 17.0 Å². The van der Waals surface area contributed by atoms with Gasteiger partial charge in [-0.05, 0) is 43.7 Å². The number of carbonyl (C=O) groups excluding carboxylic acids is 1. The van der Waals surface area contributed by atoms with E-state index < -0.39 is 36.5 Å². The smallest absolute Gasteiger partial charge is 0.321 e. The van der Waals surface area contributed by atoms with Crippen LogP contribution in [0.1, 0.15) is 25.8 Å². The molecular weight excluding hydrogens is 432 g/mol. The van der Waals surface area contributed by atoms with E-state index in [9.17, 15) is 27.4 Å². The Labute approximate surface area is 170 Å². The molecule has 158 valence electrons. The third-order valence-corrected chi connectivity index (χ3v) is 5.86. The first-order chi connectivity index (χ1) is 13.4. The fourth-order valence-corrected chi connectivity index (χ4v) is 3.99. The zero-order valence-electron chi connectivity index (χ0n) is 15.5. The molecular formula is C18H19ClF3N2O4P. The van der Waals surface area contributed by atoms with Crippen LogP contribution in [0, 0.1) is 0 Å². The summed E-state index contributed by atoms with van der Waals surface area (Å²) in [5, 5.41) is 3.95. The number of amides is 2. The molecule has 11 heteroatoms. The number of para-hydroxylation sites is 1. The lowest BCUT2D eigenvalue weighted by molar-refractivity contribution is -0.137. The quantitative estimate of drug-likeness (QED) is 0.498. The van der Waals surface area contributed by atoms with Gasteiger partial charge in [0.05, 0.1) is 27.7 Å². The second-order valence-corrected chi connectivity index (χ2v) is 8.27. The van der Waals surface area contributed by atoms with E-state index in [2.05, 4.69) is 10.6 Å². The lowest BCUT2D eigenvalue weighted by atomic mass is 10.2. The van der Waals surface area contributed by atoms with Crippen molar-refractivity contribution in [1.29, 1.82) is 0 Å². The number of carbonyl (C=O) groups is 1. The van der Waals surface area contributed by atoms with Gasteiger partial charge in [0.25, 0.3) is 0 Å². The van der Waals surface area contributed by atoms with E-state index in [1.165, 1.54) is 30.3 Å². The third kappa shape index (κ3) is 6.21. The molecule has 2 unspecified atom stereocenters. The van der Waals surface area contributed by atoms with E-state index in [4.69, 9.17) is 16.1 Å². The first-order valence-corrected chi connectivity index (χ1v) is 10.4. The SMILES string of the molecule is CCC(C)OP(=O)(O)c1ccccc1NC(=O)Nc1ccc(Cl)c(C(F)(F)F)c1. The van der Waals surface area contributed by atoms with E-state index in [1.54, 1.807) is 13.8 Å². The van der Waals surface area contributed by atoms with E-state index >= 15 is 0 Å².